The highest BCUT2D eigenvalue weighted by Gasteiger charge is 2.12. The van der Waals surface area contributed by atoms with Gasteiger partial charge in [-0.1, -0.05) is 42.5 Å². The Bertz CT molecular complexity index is 1150. The van der Waals surface area contributed by atoms with Crippen molar-refractivity contribution in [1.29, 1.82) is 0 Å². The lowest BCUT2D eigenvalue weighted by Crippen LogP contribution is -2.70. The average molecular weight is 358 g/mol. The SMILES string of the molecule is COc1ccc([NH+]=c2cc(-c3ccccc3)oc3ccccc23)c(OC)c1. The van der Waals surface area contributed by atoms with Gasteiger partial charge in [0.25, 0.3) is 0 Å². The van der Waals surface area contributed by atoms with E-state index in [1.165, 1.54) is 0 Å². The summed E-state index contributed by atoms with van der Waals surface area (Å²) >= 11 is 0. The highest BCUT2D eigenvalue weighted by molar-refractivity contribution is 5.78. The first kappa shape index (κ1) is 16.9. The number of hydrogen-bond acceptors (Lipinski definition) is 3. The van der Waals surface area contributed by atoms with Gasteiger partial charge in [0.05, 0.1) is 25.7 Å². The van der Waals surface area contributed by atoms with Crippen LogP contribution in [0.5, 0.6) is 11.5 Å². The molecule has 27 heavy (non-hydrogen) atoms. The quantitative estimate of drug-likeness (QED) is 0.608. The molecule has 0 aliphatic rings. The number of benzene rings is 3. The van der Waals surface area contributed by atoms with Crippen molar-refractivity contribution < 1.29 is 18.9 Å². The third-order valence-electron chi connectivity index (χ3n) is 4.41. The molecule has 0 radical (unpaired) electrons. The zero-order valence-electron chi connectivity index (χ0n) is 15.2. The molecule has 1 heterocycles. The molecule has 0 bridgehead atoms. The Balaban J connectivity index is 1.97. The molecule has 0 amide bonds. The molecule has 1 N–H and O–H groups in total. The number of methoxy groups -OCH3 is 2. The molecule has 4 heteroatoms. The van der Waals surface area contributed by atoms with Crippen molar-refractivity contribution in [3.63, 3.8) is 0 Å². The van der Waals surface area contributed by atoms with Crippen molar-refractivity contribution in [3.8, 4) is 22.8 Å². The van der Waals surface area contributed by atoms with E-state index in [-0.39, 0.29) is 0 Å². The van der Waals surface area contributed by atoms with Gasteiger partial charge in [0, 0.05) is 17.7 Å². The minimum Gasteiger partial charge on any atom is -0.497 e. The van der Waals surface area contributed by atoms with Crippen LogP contribution in [-0.2, 0) is 0 Å². The second-order valence-corrected chi connectivity index (χ2v) is 6.08. The fraction of sp³-hybridized carbons (Fsp3) is 0.0870. The lowest BCUT2D eigenvalue weighted by atomic mass is 10.1. The van der Waals surface area contributed by atoms with Crippen LogP contribution >= 0.6 is 0 Å². The second kappa shape index (κ2) is 7.38. The van der Waals surface area contributed by atoms with E-state index in [2.05, 4.69) is 4.99 Å². The molecule has 4 rings (SSSR count). The van der Waals surface area contributed by atoms with E-state index in [1.807, 2.05) is 78.9 Å². The van der Waals surface area contributed by atoms with Gasteiger partial charge < -0.3 is 13.9 Å². The van der Waals surface area contributed by atoms with Gasteiger partial charge >= 0.3 is 0 Å². The molecule has 0 aliphatic heterocycles. The molecular formula is C23H20NO3+. The van der Waals surface area contributed by atoms with Crippen LogP contribution in [0.1, 0.15) is 0 Å². The van der Waals surface area contributed by atoms with Crippen molar-refractivity contribution in [3.05, 3.63) is 84.2 Å². The van der Waals surface area contributed by atoms with Crippen LogP contribution in [0, 0.1) is 0 Å². The van der Waals surface area contributed by atoms with E-state index < -0.39 is 0 Å². The molecule has 0 fully saturated rings. The first-order chi connectivity index (χ1) is 13.3. The van der Waals surface area contributed by atoms with Crippen LogP contribution in [0.2, 0.25) is 0 Å². The Kier molecular flexibility index (Phi) is 4.62. The van der Waals surface area contributed by atoms with E-state index in [4.69, 9.17) is 13.9 Å². The molecule has 0 aliphatic carbocycles. The summed E-state index contributed by atoms with van der Waals surface area (Å²) in [4.78, 5) is 3.49. The Hall–Kier alpha value is -3.53. The van der Waals surface area contributed by atoms with Crippen molar-refractivity contribution in [2.45, 2.75) is 0 Å². The van der Waals surface area contributed by atoms with Crippen molar-refractivity contribution in [1.82, 2.24) is 0 Å². The molecule has 0 atom stereocenters. The molecule has 134 valence electrons. The van der Waals surface area contributed by atoms with E-state index in [0.29, 0.717) is 5.75 Å². The molecule has 4 nitrogen and oxygen atoms in total. The maximum absolute atomic E-state index is 6.13. The summed E-state index contributed by atoms with van der Waals surface area (Å²) in [6.45, 7) is 0. The van der Waals surface area contributed by atoms with Crippen LogP contribution in [0.4, 0.5) is 5.69 Å². The van der Waals surface area contributed by atoms with Crippen LogP contribution in [-0.4, -0.2) is 14.2 Å². The number of rotatable bonds is 4. The van der Waals surface area contributed by atoms with E-state index in [9.17, 15) is 0 Å². The average Bonchev–Trinajstić information content (AvgIpc) is 2.74. The zero-order chi connectivity index (χ0) is 18.6. The van der Waals surface area contributed by atoms with Gasteiger partial charge in [0.2, 0.25) is 11.0 Å². The minimum absolute atomic E-state index is 0.709. The largest absolute Gasteiger partial charge is 0.497 e. The predicted octanol–water partition coefficient (Wildman–Crippen LogP) is 3.43. The summed E-state index contributed by atoms with van der Waals surface area (Å²) < 4.78 is 16.9. The second-order valence-electron chi connectivity index (χ2n) is 6.08. The Labute approximate surface area is 157 Å². The van der Waals surface area contributed by atoms with Gasteiger partial charge in [-0.25, -0.2) is 4.99 Å². The van der Waals surface area contributed by atoms with Gasteiger partial charge in [-0.15, -0.1) is 0 Å². The Morgan fingerprint density at radius 2 is 1.56 bits per heavy atom. The highest BCUT2D eigenvalue weighted by atomic mass is 16.5. The van der Waals surface area contributed by atoms with Crippen LogP contribution in [0.15, 0.2) is 83.3 Å². The summed E-state index contributed by atoms with van der Waals surface area (Å²) in [5.41, 5.74) is 2.69. The van der Waals surface area contributed by atoms with E-state index in [1.54, 1.807) is 14.2 Å². The Morgan fingerprint density at radius 3 is 2.33 bits per heavy atom. The normalized spacial score (nSPS) is 11.6. The molecule has 0 saturated heterocycles. The lowest BCUT2D eigenvalue weighted by Gasteiger charge is -2.05. The van der Waals surface area contributed by atoms with Gasteiger partial charge in [-0.05, 0) is 18.2 Å². The van der Waals surface area contributed by atoms with Crippen LogP contribution < -0.4 is 19.8 Å². The summed E-state index contributed by atoms with van der Waals surface area (Å²) in [5.74, 6) is 2.25. The molecular weight excluding hydrogens is 338 g/mol. The topological polar surface area (TPSA) is 45.6 Å². The third-order valence-corrected chi connectivity index (χ3v) is 4.41. The number of fused-ring (bicyclic) bond motifs is 1. The van der Waals surface area contributed by atoms with E-state index in [0.717, 1.165) is 39.1 Å². The molecule has 0 saturated carbocycles. The minimum atomic E-state index is 0.709. The van der Waals surface area contributed by atoms with Crippen molar-refractivity contribution in [2.75, 3.05) is 14.2 Å². The zero-order valence-corrected chi connectivity index (χ0v) is 15.2. The number of nitrogens with one attached hydrogen (secondary N) is 1. The standard InChI is InChI=1S/C23H19NO3/c1-25-17-12-13-19(23(14-17)26-2)24-20-15-22(16-8-4-3-5-9-16)27-21-11-7-6-10-18(20)21/h3-15H,1-2H3/p+1. The number of ether oxygens (including phenoxy) is 2. The number of para-hydroxylation sites is 1. The Morgan fingerprint density at radius 1 is 0.778 bits per heavy atom. The first-order valence-corrected chi connectivity index (χ1v) is 8.69. The van der Waals surface area contributed by atoms with Crippen molar-refractivity contribution >= 4 is 16.7 Å². The molecule has 1 aromatic heterocycles. The van der Waals surface area contributed by atoms with E-state index >= 15 is 0 Å². The summed E-state index contributed by atoms with van der Waals surface area (Å²) in [7, 11) is 3.29. The highest BCUT2D eigenvalue weighted by Crippen LogP contribution is 2.25. The molecule has 0 spiro atoms. The lowest BCUT2D eigenvalue weighted by molar-refractivity contribution is -0.401. The van der Waals surface area contributed by atoms with Gasteiger partial charge in [-0.3, -0.25) is 0 Å². The maximum Gasteiger partial charge on any atom is 0.246 e. The number of hydrogen-bond donors (Lipinski definition) is 1. The molecule has 0 unspecified atom stereocenters. The predicted molar refractivity (Wildman–Crippen MR) is 105 cm³/mol. The summed E-state index contributed by atoms with van der Waals surface area (Å²) in [6.07, 6.45) is 0. The fourth-order valence-electron chi connectivity index (χ4n) is 3.03. The molecule has 4 aromatic rings. The van der Waals surface area contributed by atoms with Gasteiger partial charge in [0.1, 0.15) is 17.1 Å². The van der Waals surface area contributed by atoms with Crippen molar-refractivity contribution in [2.24, 2.45) is 0 Å². The smallest absolute Gasteiger partial charge is 0.246 e. The van der Waals surface area contributed by atoms with Crippen LogP contribution in [0.25, 0.3) is 22.3 Å². The van der Waals surface area contributed by atoms with Gasteiger partial charge in [-0.2, -0.15) is 0 Å². The molecule has 3 aromatic carbocycles. The third kappa shape index (κ3) is 3.42. The maximum atomic E-state index is 6.13. The monoisotopic (exact) mass is 358 g/mol. The van der Waals surface area contributed by atoms with Crippen LogP contribution in [0.3, 0.4) is 0 Å². The first-order valence-electron chi connectivity index (χ1n) is 8.69. The summed E-state index contributed by atoms with van der Waals surface area (Å²) in [6, 6.07) is 25.7. The van der Waals surface area contributed by atoms with Gasteiger partial charge in [0.15, 0.2) is 5.75 Å². The fourth-order valence-corrected chi connectivity index (χ4v) is 3.03. The summed E-state index contributed by atoms with van der Waals surface area (Å²) in [5, 5.41) is 1.94.